The number of ether oxygens (including phenoxy) is 3. The highest BCUT2D eigenvalue weighted by molar-refractivity contribution is 8.77. The Morgan fingerprint density at radius 3 is 2.07 bits per heavy atom. The predicted octanol–water partition coefficient (Wildman–Crippen LogP) is 10.8. The van der Waals surface area contributed by atoms with E-state index >= 15 is 0 Å². The van der Waals surface area contributed by atoms with Crippen LogP contribution in [-0.4, -0.2) is 56.6 Å². The number of carbonyl (C=O) groups excluding carboxylic acids is 3. The zero-order valence-electron chi connectivity index (χ0n) is 33.5. The van der Waals surface area contributed by atoms with Crippen LogP contribution in [0.3, 0.4) is 0 Å². The Hall–Kier alpha value is -4.04. The average molecular weight is 855 g/mol. The Balaban J connectivity index is 1.44. The molecule has 0 amide bonds. The van der Waals surface area contributed by atoms with Crippen molar-refractivity contribution < 1.29 is 45.4 Å². The van der Waals surface area contributed by atoms with Gasteiger partial charge < -0.3 is 18.4 Å². The summed E-state index contributed by atoms with van der Waals surface area (Å²) in [6.07, 6.45) is 29.6. The van der Waals surface area contributed by atoms with Crippen molar-refractivity contribution in [2.75, 3.05) is 19.0 Å². The van der Waals surface area contributed by atoms with Gasteiger partial charge in [-0.2, -0.15) is 8.42 Å². The molecular weight excluding hydrogens is 797 g/mol. The van der Waals surface area contributed by atoms with Crippen molar-refractivity contribution in [2.24, 2.45) is 0 Å². The molecule has 0 aliphatic carbocycles. The molecule has 0 unspecified atom stereocenters. The molecule has 0 bridgehead atoms. The largest absolute Gasteiger partial charge is 0.488 e. The highest BCUT2D eigenvalue weighted by Crippen LogP contribution is 2.39. The molecule has 10 nitrogen and oxygen atoms in total. The summed E-state index contributed by atoms with van der Waals surface area (Å²) in [6, 6.07) is 15.3. The summed E-state index contributed by atoms with van der Waals surface area (Å²) in [5.74, 6) is -1.05. The van der Waals surface area contributed by atoms with E-state index < -0.39 is 47.6 Å². The molecule has 2 aromatic carbocycles. The van der Waals surface area contributed by atoms with E-state index in [2.05, 4.69) is 55.5 Å². The summed E-state index contributed by atoms with van der Waals surface area (Å²) < 4.78 is 51.9. The van der Waals surface area contributed by atoms with E-state index in [1.807, 2.05) is 64.1 Å². The van der Waals surface area contributed by atoms with Crippen molar-refractivity contribution in [3.05, 3.63) is 126 Å². The van der Waals surface area contributed by atoms with Crippen LogP contribution in [0.25, 0.3) is 0 Å². The van der Waals surface area contributed by atoms with Crippen LogP contribution in [0.5, 0.6) is 5.75 Å². The summed E-state index contributed by atoms with van der Waals surface area (Å²) in [5, 5.41) is 0.606. The molecule has 316 valence electrons. The first kappa shape index (κ1) is 48.3. The lowest BCUT2D eigenvalue weighted by Crippen LogP contribution is -2.31. The minimum Gasteiger partial charge on any atom is -0.488 e. The van der Waals surface area contributed by atoms with E-state index in [9.17, 15) is 22.8 Å². The summed E-state index contributed by atoms with van der Waals surface area (Å²) in [6.45, 7) is 1.11. The fraction of sp³-hybridized carbons (Fsp3) is 0.444. The molecule has 0 N–H and O–H groups in total. The maximum Gasteiger partial charge on any atom is 0.451 e. The third-order valence-corrected chi connectivity index (χ3v) is 12.2. The highest BCUT2D eigenvalue weighted by atomic mass is 33.1. The lowest BCUT2D eigenvalue weighted by atomic mass is 10.1. The molecule has 1 heterocycles. The molecule has 0 saturated carbocycles. The molecule has 2 atom stereocenters. The van der Waals surface area contributed by atoms with Crippen LogP contribution < -0.4 is 4.74 Å². The van der Waals surface area contributed by atoms with Crippen molar-refractivity contribution >= 4 is 49.9 Å². The smallest absolute Gasteiger partial charge is 0.451 e. The maximum atomic E-state index is 12.9. The third kappa shape index (κ3) is 22.8. The lowest BCUT2D eigenvalue weighted by Gasteiger charge is -2.18. The van der Waals surface area contributed by atoms with Crippen molar-refractivity contribution in [1.29, 1.82) is 0 Å². The average Bonchev–Trinajstić information content (AvgIpc) is 3.75. The zero-order valence-corrected chi connectivity index (χ0v) is 35.9. The quantitative estimate of drug-likeness (QED) is 0.0334. The number of rotatable bonds is 29. The first-order chi connectivity index (χ1) is 28.3. The summed E-state index contributed by atoms with van der Waals surface area (Å²) in [4.78, 5) is 38.2. The van der Waals surface area contributed by atoms with Gasteiger partial charge >= 0.3 is 28.3 Å². The molecule has 2 aromatic rings. The first-order valence-corrected chi connectivity index (χ1v) is 23.7. The molecule has 1 aliphatic rings. The predicted molar refractivity (Wildman–Crippen MR) is 234 cm³/mol. The summed E-state index contributed by atoms with van der Waals surface area (Å²) >= 11 is 0. The third-order valence-electron chi connectivity index (χ3n) is 8.44. The molecule has 0 spiro atoms. The monoisotopic (exact) mass is 854 g/mol. The van der Waals surface area contributed by atoms with Gasteiger partial charge in [0.2, 0.25) is 0 Å². The SMILES string of the molecule is CCC=CCC=CCC=CCC=CCC=CCCCC(=O)O[C@H](COC(=O)CCCC[C@@H]1CCSS1)COS(=O)(=O)OC(=O)c1ccccc1OCc1ccccc1. The van der Waals surface area contributed by atoms with E-state index in [1.54, 1.807) is 6.07 Å². The number of hydrogen-bond donors (Lipinski definition) is 0. The van der Waals surface area contributed by atoms with Crippen LogP contribution in [0.15, 0.2) is 115 Å². The number of benzene rings is 2. The van der Waals surface area contributed by atoms with Crippen molar-refractivity contribution in [2.45, 2.75) is 108 Å². The van der Waals surface area contributed by atoms with E-state index in [4.69, 9.17) is 22.6 Å². The van der Waals surface area contributed by atoms with Gasteiger partial charge in [0.25, 0.3) is 0 Å². The number of para-hydroxylation sites is 1. The zero-order chi connectivity index (χ0) is 41.5. The molecular formula is C45H58O10S3. The van der Waals surface area contributed by atoms with Crippen LogP contribution in [-0.2, 0) is 44.4 Å². The van der Waals surface area contributed by atoms with Crippen LogP contribution in [0.2, 0.25) is 0 Å². The fourth-order valence-electron chi connectivity index (χ4n) is 5.38. The minimum atomic E-state index is -4.92. The second-order valence-corrected chi connectivity index (χ2v) is 17.3. The molecule has 1 saturated heterocycles. The van der Waals surface area contributed by atoms with E-state index in [-0.39, 0.29) is 30.8 Å². The van der Waals surface area contributed by atoms with Gasteiger partial charge in [0.05, 0.1) is 0 Å². The topological polar surface area (TPSA) is 132 Å². The molecule has 3 rings (SSSR count). The van der Waals surface area contributed by atoms with Gasteiger partial charge in [-0.3, -0.25) is 9.59 Å². The van der Waals surface area contributed by atoms with Gasteiger partial charge in [0.1, 0.15) is 31.1 Å². The number of hydrogen-bond acceptors (Lipinski definition) is 12. The van der Waals surface area contributed by atoms with Gasteiger partial charge in [0, 0.05) is 23.8 Å². The van der Waals surface area contributed by atoms with Gasteiger partial charge in [-0.25, -0.2) is 8.98 Å². The number of carbonyl (C=O) groups is 3. The molecule has 1 fully saturated rings. The molecule has 0 aromatic heterocycles. The Morgan fingerprint density at radius 2 is 1.40 bits per heavy atom. The standard InChI is InChI=1S/C45H58O10S3/c1-2-3-4-5-6-7-8-9-10-11-12-13-14-15-16-17-21-32-44(47)54-39(36-52-43(46)31-25-22-28-40-33-34-56-57-40)37-53-58(49,50)55-45(48)41-29-23-24-30-42(41)51-35-38-26-19-18-20-27-38/h3-4,6-7,9-10,12-13,15-16,18-20,23-24,26-27,29-30,39-40H,2,5,8,11,14,17,21-22,25,28,31-37H2,1H3/t39-,40-/m1/s1. The molecule has 13 heteroatoms. The van der Waals surface area contributed by atoms with Crippen molar-refractivity contribution in [3.8, 4) is 5.75 Å². The molecule has 0 radical (unpaired) electrons. The van der Waals surface area contributed by atoms with Gasteiger partial charge in [-0.15, -0.1) is 0 Å². The summed E-state index contributed by atoms with van der Waals surface area (Å²) in [7, 11) is -1.15. The second-order valence-electron chi connectivity index (χ2n) is 13.3. The van der Waals surface area contributed by atoms with Gasteiger partial charge in [-0.05, 0) is 81.9 Å². The number of unbranched alkanes of at least 4 members (excludes halogenated alkanes) is 2. The van der Waals surface area contributed by atoms with E-state index in [0.717, 1.165) is 56.3 Å². The summed E-state index contributed by atoms with van der Waals surface area (Å²) in [5.41, 5.74) is 0.722. The minimum absolute atomic E-state index is 0.0533. The van der Waals surface area contributed by atoms with Gasteiger partial charge in [-0.1, -0.05) is 138 Å². The Labute approximate surface area is 353 Å². The van der Waals surface area contributed by atoms with Gasteiger partial charge in [0.15, 0.2) is 6.10 Å². The van der Waals surface area contributed by atoms with Crippen LogP contribution in [0.4, 0.5) is 0 Å². The number of allylic oxidation sites excluding steroid dienone is 10. The highest BCUT2D eigenvalue weighted by Gasteiger charge is 2.26. The van der Waals surface area contributed by atoms with Crippen molar-refractivity contribution in [1.82, 2.24) is 0 Å². The Bertz CT molecular complexity index is 1750. The van der Waals surface area contributed by atoms with E-state index in [1.165, 1.54) is 24.6 Å². The Morgan fingerprint density at radius 1 is 0.759 bits per heavy atom. The number of esters is 2. The van der Waals surface area contributed by atoms with Crippen molar-refractivity contribution in [3.63, 3.8) is 0 Å². The van der Waals surface area contributed by atoms with E-state index in [0.29, 0.717) is 24.5 Å². The van der Waals surface area contributed by atoms with Crippen LogP contribution in [0, 0.1) is 0 Å². The second kappa shape index (κ2) is 30.1. The Kier molecular flexibility index (Phi) is 25.1. The molecule has 58 heavy (non-hydrogen) atoms. The maximum absolute atomic E-state index is 12.9. The lowest BCUT2D eigenvalue weighted by molar-refractivity contribution is -0.161. The van der Waals surface area contributed by atoms with Crippen LogP contribution >= 0.6 is 21.6 Å². The van der Waals surface area contributed by atoms with Crippen LogP contribution in [0.1, 0.15) is 106 Å². The molecule has 1 aliphatic heterocycles. The normalized spacial score (nSPS) is 15.2. The fourth-order valence-corrected chi connectivity index (χ4v) is 9.04. The first-order valence-electron chi connectivity index (χ1n) is 20.0.